The van der Waals surface area contributed by atoms with Gasteiger partial charge in [0.15, 0.2) is 0 Å². The van der Waals surface area contributed by atoms with Crippen LogP contribution in [0, 0.1) is 6.92 Å². The summed E-state index contributed by atoms with van der Waals surface area (Å²) in [6.45, 7) is 1.92. The highest BCUT2D eigenvalue weighted by atomic mass is 16.5. The SMILES string of the molecule is COC(=O)Nn1c(C(=O)N(C)C)nc2ccc(C)cc21. The third-order valence-corrected chi connectivity index (χ3v) is 2.80. The second kappa shape index (κ2) is 5.20. The van der Waals surface area contributed by atoms with Crippen LogP contribution in [0.25, 0.3) is 11.0 Å². The van der Waals surface area contributed by atoms with Crippen LogP contribution in [0.3, 0.4) is 0 Å². The lowest BCUT2D eigenvalue weighted by Crippen LogP contribution is -2.31. The maximum Gasteiger partial charge on any atom is 0.426 e. The molecule has 1 aromatic heterocycles. The van der Waals surface area contributed by atoms with Crippen LogP contribution in [0.1, 0.15) is 16.2 Å². The number of benzene rings is 1. The van der Waals surface area contributed by atoms with E-state index in [0.717, 1.165) is 5.56 Å². The van der Waals surface area contributed by atoms with Gasteiger partial charge in [0.1, 0.15) is 0 Å². The largest absolute Gasteiger partial charge is 0.452 e. The lowest BCUT2D eigenvalue weighted by Gasteiger charge is -2.12. The molecule has 0 aliphatic heterocycles. The van der Waals surface area contributed by atoms with Gasteiger partial charge in [-0.3, -0.25) is 4.79 Å². The zero-order valence-corrected chi connectivity index (χ0v) is 11.8. The van der Waals surface area contributed by atoms with Gasteiger partial charge in [0, 0.05) is 14.1 Å². The van der Waals surface area contributed by atoms with Crippen LogP contribution in [0.15, 0.2) is 18.2 Å². The van der Waals surface area contributed by atoms with Crippen molar-refractivity contribution in [3.63, 3.8) is 0 Å². The van der Waals surface area contributed by atoms with Gasteiger partial charge >= 0.3 is 6.09 Å². The van der Waals surface area contributed by atoms with Crippen LogP contribution in [-0.4, -0.2) is 47.8 Å². The number of aromatic nitrogens is 2. The van der Waals surface area contributed by atoms with Crippen LogP contribution >= 0.6 is 0 Å². The van der Waals surface area contributed by atoms with Gasteiger partial charge in [-0.25, -0.2) is 19.9 Å². The summed E-state index contributed by atoms with van der Waals surface area (Å²) in [5.41, 5.74) is 4.75. The van der Waals surface area contributed by atoms with Crippen molar-refractivity contribution < 1.29 is 14.3 Å². The first kappa shape index (κ1) is 13.9. The van der Waals surface area contributed by atoms with Gasteiger partial charge in [-0.2, -0.15) is 0 Å². The van der Waals surface area contributed by atoms with Gasteiger partial charge in [0.05, 0.1) is 18.1 Å². The number of hydrogen-bond acceptors (Lipinski definition) is 4. The van der Waals surface area contributed by atoms with Crippen molar-refractivity contribution in [2.75, 3.05) is 26.6 Å². The fourth-order valence-electron chi connectivity index (χ4n) is 1.78. The number of ether oxygens (including phenoxy) is 1. The summed E-state index contributed by atoms with van der Waals surface area (Å²) in [5, 5.41) is 0. The Morgan fingerprint density at radius 2 is 2.05 bits per heavy atom. The van der Waals surface area contributed by atoms with Gasteiger partial charge in [-0.15, -0.1) is 0 Å². The van der Waals surface area contributed by atoms with Gasteiger partial charge in [0.2, 0.25) is 5.82 Å². The molecule has 0 aliphatic carbocycles. The summed E-state index contributed by atoms with van der Waals surface area (Å²) < 4.78 is 5.92. The molecule has 1 N–H and O–H groups in total. The minimum Gasteiger partial charge on any atom is -0.452 e. The topological polar surface area (TPSA) is 76.5 Å². The van der Waals surface area contributed by atoms with E-state index in [4.69, 9.17) is 0 Å². The van der Waals surface area contributed by atoms with Crippen molar-refractivity contribution in [1.82, 2.24) is 14.6 Å². The number of nitrogens with one attached hydrogen (secondary N) is 1. The number of fused-ring (bicyclic) bond motifs is 1. The third-order valence-electron chi connectivity index (χ3n) is 2.80. The second-order valence-electron chi connectivity index (χ2n) is 4.57. The molecular weight excluding hydrogens is 260 g/mol. The van der Waals surface area contributed by atoms with Crippen molar-refractivity contribution in [2.24, 2.45) is 0 Å². The molecule has 0 saturated heterocycles. The van der Waals surface area contributed by atoms with Crippen LogP contribution in [-0.2, 0) is 4.74 Å². The molecule has 7 nitrogen and oxygen atoms in total. The van der Waals surface area contributed by atoms with Crippen LogP contribution in [0.5, 0.6) is 0 Å². The maximum atomic E-state index is 12.1. The van der Waals surface area contributed by atoms with E-state index in [9.17, 15) is 9.59 Å². The number of hydrogen-bond donors (Lipinski definition) is 1. The number of amides is 2. The zero-order valence-electron chi connectivity index (χ0n) is 11.8. The molecule has 2 aromatic rings. The quantitative estimate of drug-likeness (QED) is 0.898. The Bertz CT molecular complexity index is 676. The summed E-state index contributed by atoms with van der Waals surface area (Å²) in [5.74, 6) is -0.184. The lowest BCUT2D eigenvalue weighted by atomic mass is 10.2. The van der Waals surface area contributed by atoms with Crippen molar-refractivity contribution in [2.45, 2.75) is 6.92 Å². The van der Waals surface area contributed by atoms with E-state index in [1.165, 1.54) is 16.7 Å². The predicted octanol–water partition coefficient (Wildman–Crippen LogP) is 1.36. The molecule has 20 heavy (non-hydrogen) atoms. The summed E-state index contributed by atoms with van der Waals surface area (Å²) in [6, 6.07) is 5.53. The maximum absolute atomic E-state index is 12.1. The molecule has 7 heteroatoms. The first-order chi connectivity index (χ1) is 9.43. The molecule has 106 valence electrons. The summed E-state index contributed by atoms with van der Waals surface area (Å²) in [6.07, 6.45) is -0.668. The molecule has 0 saturated carbocycles. The highest BCUT2D eigenvalue weighted by molar-refractivity contribution is 5.96. The van der Waals surface area contributed by atoms with E-state index in [2.05, 4.69) is 15.1 Å². The standard InChI is InChI=1S/C13H16N4O3/c1-8-5-6-9-10(7-8)17(15-13(19)20-4)11(14-9)12(18)16(2)3/h5-7H,1-4H3,(H,15,19). The molecule has 0 fully saturated rings. The van der Waals surface area contributed by atoms with E-state index in [-0.39, 0.29) is 11.7 Å². The van der Waals surface area contributed by atoms with Crippen molar-refractivity contribution in [3.8, 4) is 0 Å². The number of imidazole rings is 1. The van der Waals surface area contributed by atoms with E-state index in [1.807, 2.05) is 19.1 Å². The van der Waals surface area contributed by atoms with Crippen LogP contribution in [0.2, 0.25) is 0 Å². The molecule has 0 unspecified atom stereocenters. The Kier molecular flexibility index (Phi) is 3.60. The fraction of sp³-hybridized carbons (Fsp3) is 0.308. The van der Waals surface area contributed by atoms with E-state index >= 15 is 0 Å². The average Bonchev–Trinajstić information content (AvgIpc) is 2.75. The van der Waals surface area contributed by atoms with Gasteiger partial charge in [0.25, 0.3) is 5.91 Å². The lowest BCUT2D eigenvalue weighted by molar-refractivity contribution is 0.0813. The molecule has 0 radical (unpaired) electrons. The molecule has 2 amide bonds. The summed E-state index contributed by atoms with van der Waals surface area (Å²) >= 11 is 0. The number of carbonyl (C=O) groups is 2. The first-order valence-electron chi connectivity index (χ1n) is 5.99. The van der Waals surface area contributed by atoms with Crippen LogP contribution in [0.4, 0.5) is 4.79 Å². The normalized spacial score (nSPS) is 10.4. The van der Waals surface area contributed by atoms with E-state index < -0.39 is 6.09 Å². The molecule has 1 aromatic carbocycles. The highest BCUT2D eigenvalue weighted by Gasteiger charge is 2.20. The fourth-order valence-corrected chi connectivity index (χ4v) is 1.78. The highest BCUT2D eigenvalue weighted by Crippen LogP contribution is 2.17. The first-order valence-corrected chi connectivity index (χ1v) is 5.99. The minimum atomic E-state index is -0.668. The molecule has 0 atom stereocenters. The Morgan fingerprint density at radius 1 is 1.35 bits per heavy atom. The Hall–Kier alpha value is -2.57. The summed E-state index contributed by atoms with van der Waals surface area (Å²) in [7, 11) is 4.50. The molecule has 0 aliphatic rings. The van der Waals surface area contributed by atoms with Crippen molar-refractivity contribution in [1.29, 1.82) is 0 Å². The zero-order chi connectivity index (χ0) is 14.9. The smallest absolute Gasteiger partial charge is 0.426 e. The van der Waals surface area contributed by atoms with Gasteiger partial charge in [-0.05, 0) is 24.6 Å². The molecule has 0 bridgehead atoms. The number of methoxy groups -OCH3 is 1. The Morgan fingerprint density at radius 3 is 2.65 bits per heavy atom. The minimum absolute atomic E-state index is 0.126. The molecule has 2 rings (SSSR count). The third kappa shape index (κ3) is 2.42. The van der Waals surface area contributed by atoms with E-state index in [1.54, 1.807) is 20.2 Å². The number of aryl methyl sites for hydroxylation is 1. The van der Waals surface area contributed by atoms with Crippen molar-refractivity contribution >= 4 is 23.0 Å². The predicted molar refractivity (Wildman–Crippen MR) is 74.3 cm³/mol. The van der Waals surface area contributed by atoms with Crippen LogP contribution < -0.4 is 5.43 Å². The molecular formula is C13H16N4O3. The second-order valence-corrected chi connectivity index (χ2v) is 4.57. The molecule has 1 heterocycles. The van der Waals surface area contributed by atoms with Gasteiger partial charge < -0.3 is 9.64 Å². The van der Waals surface area contributed by atoms with Gasteiger partial charge in [-0.1, -0.05) is 6.07 Å². The number of rotatable bonds is 2. The monoisotopic (exact) mass is 276 g/mol. The average molecular weight is 276 g/mol. The Balaban J connectivity index is 2.63. The molecule has 0 spiro atoms. The number of carbonyl (C=O) groups excluding carboxylic acids is 2. The summed E-state index contributed by atoms with van der Waals surface area (Å²) in [4.78, 5) is 29.2. The Labute approximate surface area is 116 Å². The van der Waals surface area contributed by atoms with Crippen molar-refractivity contribution in [3.05, 3.63) is 29.6 Å². The number of nitrogens with zero attached hydrogens (tertiary/aromatic N) is 3. The van der Waals surface area contributed by atoms with E-state index in [0.29, 0.717) is 11.0 Å².